The number of ether oxygens (including phenoxy) is 1. The Morgan fingerprint density at radius 2 is 2.61 bits per heavy atom. The highest BCUT2D eigenvalue weighted by atomic mass is 32.1. The predicted octanol–water partition coefficient (Wildman–Crippen LogP) is 1.89. The number of imidazole rings is 1. The van der Waals surface area contributed by atoms with E-state index in [4.69, 9.17) is 4.74 Å². The monoisotopic (exact) mass is 268 g/mol. The fraction of sp³-hybridized carbons (Fsp3) is 0.500. The molecule has 0 radical (unpaired) electrons. The van der Waals surface area contributed by atoms with E-state index in [0.29, 0.717) is 17.3 Å². The van der Waals surface area contributed by atoms with Crippen molar-refractivity contribution < 1.29 is 9.66 Å². The Labute approximate surface area is 107 Å². The highest BCUT2D eigenvalue weighted by Crippen LogP contribution is 2.28. The molecule has 0 saturated carbocycles. The van der Waals surface area contributed by atoms with Gasteiger partial charge in [-0.1, -0.05) is 11.3 Å². The Balaban J connectivity index is 1.83. The molecule has 96 valence electrons. The highest BCUT2D eigenvalue weighted by molar-refractivity contribution is 7.15. The number of rotatable bonds is 4. The molecule has 2 aromatic heterocycles. The second-order valence-corrected chi connectivity index (χ2v) is 4.99. The number of aromatic nitrogens is 2. The molecule has 2 aromatic rings. The summed E-state index contributed by atoms with van der Waals surface area (Å²) in [7, 11) is 0. The lowest BCUT2D eigenvalue weighted by atomic mass is 10.2. The van der Waals surface area contributed by atoms with Gasteiger partial charge in [0.05, 0.1) is 6.10 Å². The van der Waals surface area contributed by atoms with E-state index >= 15 is 0 Å². The van der Waals surface area contributed by atoms with Gasteiger partial charge in [-0.3, -0.25) is 0 Å². The van der Waals surface area contributed by atoms with Crippen LogP contribution in [-0.4, -0.2) is 33.6 Å². The van der Waals surface area contributed by atoms with Crippen LogP contribution in [0.5, 0.6) is 0 Å². The zero-order valence-corrected chi connectivity index (χ0v) is 10.4. The molecule has 7 nitrogen and oxygen atoms in total. The van der Waals surface area contributed by atoms with Gasteiger partial charge in [0.1, 0.15) is 6.20 Å². The van der Waals surface area contributed by atoms with Crippen LogP contribution in [0.2, 0.25) is 0 Å². The topological polar surface area (TPSA) is 81.7 Å². The number of anilines is 1. The minimum absolute atomic E-state index is 0.00996. The van der Waals surface area contributed by atoms with Crippen LogP contribution in [0.25, 0.3) is 4.96 Å². The lowest BCUT2D eigenvalue weighted by Gasteiger charge is -2.09. The summed E-state index contributed by atoms with van der Waals surface area (Å²) >= 11 is 1.37. The number of fused-ring (bicyclic) bond motifs is 1. The maximum absolute atomic E-state index is 11.1. The van der Waals surface area contributed by atoms with E-state index in [9.17, 15) is 10.1 Å². The molecule has 0 bridgehead atoms. The fourth-order valence-electron chi connectivity index (χ4n) is 2.08. The van der Waals surface area contributed by atoms with Crippen molar-refractivity contribution in [3.63, 3.8) is 0 Å². The van der Waals surface area contributed by atoms with Crippen molar-refractivity contribution in [2.45, 2.75) is 18.9 Å². The van der Waals surface area contributed by atoms with Crippen molar-refractivity contribution in [2.75, 3.05) is 18.5 Å². The lowest BCUT2D eigenvalue weighted by Crippen LogP contribution is -2.19. The van der Waals surface area contributed by atoms with Crippen LogP contribution in [-0.2, 0) is 4.74 Å². The third kappa shape index (κ3) is 1.93. The quantitative estimate of drug-likeness (QED) is 0.676. The molecule has 8 heteroatoms. The predicted molar refractivity (Wildman–Crippen MR) is 67.2 cm³/mol. The third-order valence-corrected chi connectivity index (χ3v) is 3.69. The van der Waals surface area contributed by atoms with Gasteiger partial charge in [-0.15, -0.1) is 0 Å². The van der Waals surface area contributed by atoms with Gasteiger partial charge < -0.3 is 20.2 Å². The van der Waals surface area contributed by atoms with E-state index < -0.39 is 4.92 Å². The van der Waals surface area contributed by atoms with Gasteiger partial charge in [0.25, 0.3) is 4.96 Å². The van der Waals surface area contributed by atoms with Crippen molar-refractivity contribution >= 4 is 27.9 Å². The van der Waals surface area contributed by atoms with Gasteiger partial charge in [-0.2, -0.15) is 9.38 Å². The van der Waals surface area contributed by atoms with E-state index in [1.165, 1.54) is 15.7 Å². The average Bonchev–Trinajstić information content (AvgIpc) is 3.01. The molecule has 0 aromatic carbocycles. The van der Waals surface area contributed by atoms with Crippen molar-refractivity contribution in [1.29, 1.82) is 0 Å². The SMILES string of the molecule is O=[N+]([O-])c1c(NCC2CCCO2)nc2sccn12. The molecule has 1 unspecified atom stereocenters. The van der Waals surface area contributed by atoms with Crippen molar-refractivity contribution in [3.8, 4) is 0 Å². The Kier molecular flexibility index (Phi) is 2.88. The number of nitrogens with one attached hydrogen (secondary N) is 1. The van der Waals surface area contributed by atoms with Crippen LogP contribution in [0.1, 0.15) is 12.8 Å². The smallest absolute Gasteiger partial charge is 0.372 e. The zero-order chi connectivity index (χ0) is 12.5. The van der Waals surface area contributed by atoms with Crippen LogP contribution < -0.4 is 5.32 Å². The van der Waals surface area contributed by atoms with Crippen LogP contribution in [0, 0.1) is 10.1 Å². The summed E-state index contributed by atoms with van der Waals surface area (Å²) in [5.74, 6) is 0.312. The average molecular weight is 268 g/mol. The normalized spacial score (nSPS) is 19.4. The molecule has 3 heterocycles. The van der Waals surface area contributed by atoms with Gasteiger partial charge in [-0.25, -0.2) is 0 Å². The Hall–Kier alpha value is -1.67. The molecule has 0 amide bonds. The molecule has 1 saturated heterocycles. The Morgan fingerprint density at radius 1 is 1.72 bits per heavy atom. The van der Waals surface area contributed by atoms with E-state index in [-0.39, 0.29) is 11.9 Å². The molecule has 1 fully saturated rings. The molecule has 1 atom stereocenters. The minimum Gasteiger partial charge on any atom is -0.376 e. The second-order valence-electron chi connectivity index (χ2n) is 4.11. The second kappa shape index (κ2) is 4.54. The zero-order valence-electron chi connectivity index (χ0n) is 9.54. The Bertz CT molecular complexity index is 573. The summed E-state index contributed by atoms with van der Waals surface area (Å²) in [6.45, 7) is 1.33. The fourth-order valence-corrected chi connectivity index (χ4v) is 2.79. The van der Waals surface area contributed by atoms with Gasteiger partial charge >= 0.3 is 5.82 Å². The molecule has 1 aliphatic heterocycles. The van der Waals surface area contributed by atoms with Crippen molar-refractivity contribution in [2.24, 2.45) is 0 Å². The third-order valence-electron chi connectivity index (χ3n) is 2.93. The van der Waals surface area contributed by atoms with Gasteiger partial charge in [0.2, 0.25) is 5.82 Å². The van der Waals surface area contributed by atoms with E-state index in [0.717, 1.165) is 19.4 Å². The maximum atomic E-state index is 11.1. The van der Waals surface area contributed by atoms with E-state index in [1.54, 1.807) is 11.6 Å². The Morgan fingerprint density at radius 3 is 3.33 bits per heavy atom. The van der Waals surface area contributed by atoms with Crippen LogP contribution >= 0.6 is 11.3 Å². The summed E-state index contributed by atoms with van der Waals surface area (Å²) in [5.41, 5.74) is 0. The first-order valence-electron chi connectivity index (χ1n) is 5.71. The summed E-state index contributed by atoms with van der Waals surface area (Å²) in [6.07, 6.45) is 3.82. The molecule has 1 N–H and O–H groups in total. The molecule has 0 aliphatic carbocycles. The van der Waals surface area contributed by atoms with Gasteiger partial charge in [0, 0.05) is 18.5 Å². The van der Waals surface area contributed by atoms with Crippen molar-refractivity contribution in [3.05, 3.63) is 21.7 Å². The van der Waals surface area contributed by atoms with Crippen LogP contribution in [0.4, 0.5) is 11.6 Å². The number of hydrogen-bond donors (Lipinski definition) is 1. The van der Waals surface area contributed by atoms with Crippen LogP contribution in [0.3, 0.4) is 0 Å². The van der Waals surface area contributed by atoms with Crippen molar-refractivity contribution in [1.82, 2.24) is 9.38 Å². The first-order chi connectivity index (χ1) is 8.75. The molecule has 1 aliphatic rings. The summed E-state index contributed by atoms with van der Waals surface area (Å²) in [6, 6.07) is 0. The molecule has 0 spiro atoms. The molecule has 18 heavy (non-hydrogen) atoms. The van der Waals surface area contributed by atoms with Crippen LogP contribution in [0.15, 0.2) is 11.6 Å². The standard InChI is InChI=1S/C10H12N4O3S/c15-14(16)9-8(11-6-7-2-1-4-17-7)12-10-13(9)3-5-18-10/h3,5,7,11H,1-2,4,6H2. The first kappa shape index (κ1) is 11.4. The minimum atomic E-state index is -0.412. The molecular weight excluding hydrogens is 256 g/mol. The van der Waals surface area contributed by atoms with E-state index in [1.807, 2.05) is 0 Å². The largest absolute Gasteiger partial charge is 0.376 e. The summed E-state index contributed by atoms with van der Waals surface area (Å²) in [4.78, 5) is 15.5. The lowest BCUT2D eigenvalue weighted by molar-refractivity contribution is -0.389. The maximum Gasteiger partial charge on any atom is 0.372 e. The number of nitrogens with zero attached hydrogens (tertiary/aromatic N) is 3. The number of hydrogen-bond acceptors (Lipinski definition) is 6. The first-order valence-corrected chi connectivity index (χ1v) is 6.59. The number of nitro groups is 1. The number of thiazole rings is 1. The molecular formula is C10H12N4O3S. The summed E-state index contributed by atoms with van der Waals surface area (Å²) < 4.78 is 6.95. The van der Waals surface area contributed by atoms with Gasteiger partial charge in [-0.05, 0) is 17.8 Å². The van der Waals surface area contributed by atoms with E-state index in [2.05, 4.69) is 10.3 Å². The van der Waals surface area contributed by atoms with Gasteiger partial charge in [0.15, 0.2) is 0 Å². The summed E-state index contributed by atoms with van der Waals surface area (Å²) in [5, 5.41) is 15.9. The molecule has 3 rings (SSSR count). The highest BCUT2D eigenvalue weighted by Gasteiger charge is 2.24.